The molecule has 0 unspecified atom stereocenters. The van der Waals surface area contributed by atoms with Crippen molar-refractivity contribution in [2.45, 2.75) is 30.6 Å². The Morgan fingerprint density at radius 3 is 2.21 bits per heavy atom. The zero-order chi connectivity index (χ0) is 14.0. The van der Waals surface area contributed by atoms with E-state index in [4.69, 9.17) is 14.9 Å². The van der Waals surface area contributed by atoms with E-state index in [0.717, 1.165) is 0 Å². The molecule has 7 nitrogen and oxygen atoms in total. The van der Waals surface area contributed by atoms with E-state index in [2.05, 4.69) is 5.32 Å². The maximum Gasteiger partial charge on any atom is 0.157 e. The number of ether oxygens (including phenoxy) is 1. The fourth-order valence-corrected chi connectivity index (χ4v) is 1.94. The molecule has 1 aliphatic heterocycles. The summed E-state index contributed by atoms with van der Waals surface area (Å²) in [7, 11) is 0. The van der Waals surface area contributed by atoms with Gasteiger partial charge >= 0.3 is 0 Å². The minimum Gasteiger partial charge on any atom is -0.508 e. The number of hydrogen-bond acceptors (Lipinski definition) is 7. The second-order valence-corrected chi connectivity index (χ2v) is 4.44. The quantitative estimate of drug-likeness (QED) is 0.374. The number of rotatable bonds is 3. The Bertz CT molecular complexity index is 409. The van der Waals surface area contributed by atoms with Crippen LogP contribution in [-0.4, -0.2) is 62.8 Å². The van der Waals surface area contributed by atoms with E-state index >= 15 is 0 Å². The summed E-state index contributed by atoms with van der Waals surface area (Å²) in [4.78, 5) is 0. The average molecular weight is 271 g/mol. The van der Waals surface area contributed by atoms with Crippen molar-refractivity contribution in [3.8, 4) is 5.75 Å². The molecular weight excluding hydrogens is 254 g/mol. The fourth-order valence-electron chi connectivity index (χ4n) is 1.94. The molecule has 0 aromatic heterocycles. The molecular formula is C12H17NO6. The molecule has 1 heterocycles. The van der Waals surface area contributed by atoms with Crippen LogP contribution in [0, 0.1) is 0 Å². The first kappa shape index (κ1) is 14.0. The Kier molecular flexibility index (Phi) is 4.23. The van der Waals surface area contributed by atoms with Gasteiger partial charge in [0.15, 0.2) is 6.23 Å². The van der Waals surface area contributed by atoms with Gasteiger partial charge in [0, 0.05) is 5.69 Å². The van der Waals surface area contributed by atoms with Crippen molar-refractivity contribution in [2.24, 2.45) is 0 Å². The second kappa shape index (κ2) is 5.72. The predicted molar refractivity (Wildman–Crippen MR) is 65.5 cm³/mol. The highest BCUT2D eigenvalue weighted by Crippen LogP contribution is 2.23. The number of anilines is 1. The number of nitrogens with one attached hydrogen (secondary N) is 1. The van der Waals surface area contributed by atoms with Crippen LogP contribution in [0.2, 0.25) is 0 Å². The van der Waals surface area contributed by atoms with Gasteiger partial charge in [0.1, 0.15) is 30.2 Å². The molecule has 1 saturated heterocycles. The van der Waals surface area contributed by atoms with E-state index in [0.29, 0.717) is 5.69 Å². The van der Waals surface area contributed by atoms with E-state index < -0.39 is 37.3 Å². The van der Waals surface area contributed by atoms with Gasteiger partial charge in [-0.3, -0.25) is 0 Å². The lowest BCUT2D eigenvalue weighted by Gasteiger charge is -2.40. The SMILES string of the molecule is OC[C@@H]1O[C@H](Nc2ccc(O)cc2)[C@H](O)[C@@H](O)[C@H]1O. The van der Waals surface area contributed by atoms with Crippen molar-refractivity contribution >= 4 is 5.69 Å². The first-order valence-corrected chi connectivity index (χ1v) is 5.89. The van der Waals surface area contributed by atoms with Gasteiger partial charge in [-0.1, -0.05) is 0 Å². The summed E-state index contributed by atoms with van der Waals surface area (Å²) in [6, 6.07) is 6.03. The van der Waals surface area contributed by atoms with Crippen LogP contribution in [0.25, 0.3) is 0 Å². The number of benzene rings is 1. The van der Waals surface area contributed by atoms with Crippen LogP contribution in [0.3, 0.4) is 0 Å². The third-order valence-electron chi connectivity index (χ3n) is 3.07. The van der Waals surface area contributed by atoms with Gasteiger partial charge in [-0.05, 0) is 24.3 Å². The van der Waals surface area contributed by atoms with Crippen molar-refractivity contribution in [1.82, 2.24) is 0 Å². The predicted octanol–water partition coefficient (Wildman–Crippen LogP) is -1.40. The molecule has 7 heteroatoms. The molecule has 5 atom stereocenters. The van der Waals surface area contributed by atoms with Gasteiger partial charge in [-0.15, -0.1) is 0 Å². The number of aliphatic hydroxyl groups excluding tert-OH is 4. The second-order valence-electron chi connectivity index (χ2n) is 4.44. The highest BCUT2D eigenvalue weighted by molar-refractivity contribution is 5.46. The highest BCUT2D eigenvalue weighted by atomic mass is 16.6. The van der Waals surface area contributed by atoms with E-state index in [1.54, 1.807) is 12.1 Å². The fraction of sp³-hybridized carbons (Fsp3) is 0.500. The van der Waals surface area contributed by atoms with Crippen LogP contribution in [0.15, 0.2) is 24.3 Å². The molecule has 0 saturated carbocycles. The summed E-state index contributed by atoms with van der Waals surface area (Å²) in [6.45, 7) is -0.474. The number of phenols is 1. The first-order chi connectivity index (χ1) is 9.02. The van der Waals surface area contributed by atoms with Gasteiger partial charge in [0.25, 0.3) is 0 Å². The molecule has 1 fully saturated rings. The van der Waals surface area contributed by atoms with Crippen LogP contribution < -0.4 is 5.32 Å². The van der Waals surface area contributed by atoms with Gasteiger partial charge in [0.2, 0.25) is 0 Å². The largest absolute Gasteiger partial charge is 0.508 e. The average Bonchev–Trinajstić information content (AvgIpc) is 2.42. The molecule has 19 heavy (non-hydrogen) atoms. The minimum absolute atomic E-state index is 0.0966. The summed E-state index contributed by atoms with van der Waals surface area (Å²) in [5, 5.41) is 50.1. The van der Waals surface area contributed by atoms with Crippen molar-refractivity contribution < 1.29 is 30.3 Å². The lowest BCUT2D eigenvalue weighted by Crippen LogP contribution is -2.60. The summed E-state index contributed by atoms with van der Waals surface area (Å²) < 4.78 is 5.28. The van der Waals surface area contributed by atoms with Gasteiger partial charge in [-0.2, -0.15) is 0 Å². The van der Waals surface area contributed by atoms with Gasteiger partial charge < -0.3 is 35.6 Å². The Morgan fingerprint density at radius 1 is 1.00 bits per heavy atom. The number of aromatic hydroxyl groups is 1. The molecule has 0 radical (unpaired) electrons. The zero-order valence-electron chi connectivity index (χ0n) is 10.0. The molecule has 0 amide bonds. The highest BCUT2D eigenvalue weighted by Gasteiger charge is 2.43. The van der Waals surface area contributed by atoms with Crippen LogP contribution >= 0.6 is 0 Å². The van der Waals surface area contributed by atoms with Crippen molar-refractivity contribution in [2.75, 3.05) is 11.9 Å². The molecule has 1 aromatic carbocycles. The molecule has 0 aliphatic carbocycles. The standard InChI is InChI=1S/C12H17NO6/c14-5-8-9(16)10(17)11(18)12(19-8)13-6-1-3-7(15)4-2-6/h1-4,8-18H,5H2/t8-,9-,10-,11+,12-/m0/s1. The Balaban J connectivity index is 2.08. The van der Waals surface area contributed by atoms with E-state index in [9.17, 15) is 15.3 Å². The van der Waals surface area contributed by atoms with Crippen LogP contribution in [0.5, 0.6) is 5.75 Å². The number of phenolic OH excluding ortho intramolecular Hbond substituents is 1. The third-order valence-corrected chi connectivity index (χ3v) is 3.07. The van der Waals surface area contributed by atoms with Crippen molar-refractivity contribution in [1.29, 1.82) is 0 Å². The molecule has 6 N–H and O–H groups in total. The summed E-state index contributed by atoms with van der Waals surface area (Å²) >= 11 is 0. The topological polar surface area (TPSA) is 122 Å². The Labute approximate surface area is 109 Å². The van der Waals surface area contributed by atoms with Crippen LogP contribution in [0.4, 0.5) is 5.69 Å². The smallest absolute Gasteiger partial charge is 0.157 e. The molecule has 106 valence electrons. The maximum absolute atomic E-state index is 9.81. The first-order valence-electron chi connectivity index (χ1n) is 5.89. The Morgan fingerprint density at radius 2 is 1.63 bits per heavy atom. The molecule has 1 aromatic rings. The number of hydrogen-bond donors (Lipinski definition) is 6. The monoisotopic (exact) mass is 271 g/mol. The summed E-state index contributed by atoms with van der Waals surface area (Å²) in [6.07, 6.45) is -6.06. The Hall–Kier alpha value is -1.38. The summed E-state index contributed by atoms with van der Waals surface area (Å²) in [5.41, 5.74) is 0.558. The van der Waals surface area contributed by atoms with Crippen LogP contribution in [0.1, 0.15) is 0 Å². The summed E-state index contributed by atoms with van der Waals surface area (Å²) in [5.74, 6) is 0.0966. The third kappa shape index (κ3) is 2.96. The normalized spacial score (nSPS) is 35.1. The maximum atomic E-state index is 9.81. The molecule has 1 aliphatic rings. The van der Waals surface area contributed by atoms with Crippen molar-refractivity contribution in [3.05, 3.63) is 24.3 Å². The lowest BCUT2D eigenvalue weighted by atomic mass is 9.98. The molecule has 2 rings (SSSR count). The molecule has 0 spiro atoms. The van der Waals surface area contributed by atoms with Crippen molar-refractivity contribution in [3.63, 3.8) is 0 Å². The van der Waals surface area contributed by atoms with Gasteiger partial charge in [0.05, 0.1) is 6.61 Å². The zero-order valence-corrected chi connectivity index (χ0v) is 10.0. The van der Waals surface area contributed by atoms with Crippen LogP contribution in [-0.2, 0) is 4.74 Å². The van der Waals surface area contributed by atoms with E-state index in [1.165, 1.54) is 12.1 Å². The minimum atomic E-state index is -1.42. The van der Waals surface area contributed by atoms with Gasteiger partial charge in [-0.25, -0.2) is 0 Å². The number of aliphatic hydroxyl groups is 4. The van der Waals surface area contributed by atoms with E-state index in [1.807, 2.05) is 0 Å². The lowest BCUT2D eigenvalue weighted by molar-refractivity contribution is -0.221. The van der Waals surface area contributed by atoms with E-state index in [-0.39, 0.29) is 5.75 Å². The molecule has 0 bridgehead atoms.